The molecule has 0 N–H and O–H groups in total. The first-order chi connectivity index (χ1) is 10.8. The van der Waals surface area contributed by atoms with Crippen molar-refractivity contribution >= 4 is 21.4 Å². The molecule has 2 aromatic rings. The zero-order valence-corrected chi connectivity index (χ0v) is 15.1. The van der Waals surface area contributed by atoms with E-state index in [2.05, 4.69) is 13.8 Å². The Kier molecular flexibility index (Phi) is 5.71. The summed E-state index contributed by atoms with van der Waals surface area (Å²) in [5.74, 6) is 1.32. The first-order valence-electron chi connectivity index (χ1n) is 7.46. The fourth-order valence-corrected chi connectivity index (χ4v) is 3.11. The average Bonchev–Trinajstić information content (AvgIpc) is 2.45. The van der Waals surface area contributed by atoms with E-state index in [1.165, 1.54) is 6.26 Å². The van der Waals surface area contributed by atoms with Gasteiger partial charge in [0.25, 0.3) is 0 Å². The van der Waals surface area contributed by atoms with Crippen LogP contribution in [0.4, 0.5) is 0 Å². The van der Waals surface area contributed by atoms with Gasteiger partial charge in [0.15, 0.2) is 9.84 Å². The fourth-order valence-electron chi connectivity index (χ4n) is 2.28. The van der Waals surface area contributed by atoms with Crippen molar-refractivity contribution in [3.8, 4) is 5.75 Å². The van der Waals surface area contributed by atoms with Crippen molar-refractivity contribution in [3.05, 3.63) is 58.6 Å². The Balaban J connectivity index is 2.11. The van der Waals surface area contributed by atoms with Gasteiger partial charge in [-0.05, 0) is 53.8 Å². The minimum atomic E-state index is -3.17. The van der Waals surface area contributed by atoms with Gasteiger partial charge >= 0.3 is 0 Å². The lowest BCUT2D eigenvalue weighted by Gasteiger charge is -2.14. The standard InChI is InChI=1S/C18H21ClO3S/c1-13(2)10-15-11-16(19)6-9-18(15)22-12-14-4-7-17(8-5-14)23(3,20)21/h4-9,11,13H,10,12H2,1-3H3. The molecule has 0 aliphatic carbocycles. The van der Waals surface area contributed by atoms with Crippen LogP contribution in [0.25, 0.3) is 0 Å². The molecule has 23 heavy (non-hydrogen) atoms. The summed E-state index contributed by atoms with van der Waals surface area (Å²) in [4.78, 5) is 0.313. The number of hydrogen-bond donors (Lipinski definition) is 0. The highest BCUT2D eigenvalue weighted by Gasteiger charge is 2.09. The fraction of sp³-hybridized carbons (Fsp3) is 0.333. The Morgan fingerprint density at radius 2 is 1.74 bits per heavy atom. The molecule has 0 aliphatic heterocycles. The molecule has 0 saturated heterocycles. The van der Waals surface area contributed by atoms with Crippen molar-refractivity contribution in [2.24, 2.45) is 5.92 Å². The number of rotatable bonds is 6. The van der Waals surface area contributed by atoms with Crippen LogP contribution in [0.3, 0.4) is 0 Å². The topological polar surface area (TPSA) is 43.4 Å². The molecular formula is C18H21ClO3S. The SMILES string of the molecule is CC(C)Cc1cc(Cl)ccc1OCc1ccc(S(C)(=O)=O)cc1. The van der Waals surface area contributed by atoms with Crippen molar-refractivity contribution in [2.75, 3.05) is 6.26 Å². The zero-order valence-electron chi connectivity index (χ0n) is 13.5. The van der Waals surface area contributed by atoms with Crippen molar-refractivity contribution in [1.82, 2.24) is 0 Å². The van der Waals surface area contributed by atoms with Gasteiger partial charge in [-0.3, -0.25) is 0 Å². The summed E-state index contributed by atoms with van der Waals surface area (Å²) >= 11 is 6.07. The predicted octanol–water partition coefficient (Wildman–Crippen LogP) is 4.52. The molecule has 0 radical (unpaired) electrons. The lowest BCUT2D eigenvalue weighted by Crippen LogP contribution is -2.02. The van der Waals surface area contributed by atoms with Crippen LogP contribution in [0.15, 0.2) is 47.4 Å². The van der Waals surface area contributed by atoms with Gasteiger partial charge in [0, 0.05) is 11.3 Å². The largest absolute Gasteiger partial charge is 0.489 e. The Hall–Kier alpha value is -1.52. The molecule has 124 valence electrons. The molecule has 0 spiro atoms. The van der Waals surface area contributed by atoms with E-state index in [4.69, 9.17) is 16.3 Å². The second-order valence-electron chi connectivity index (χ2n) is 6.05. The number of hydrogen-bond acceptors (Lipinski definition) is 3. The molecule has 0 bridgehead atoms. The number of ether oxygens (including phenoxy) is 1. The number of sulfone groups is 1. The molecule has 0 fully saturated rings. The van der Waals surface area contributed by atoms with Crippen LogP contribution in [-0.2, 0) is 22.9 Å². The molecular weight excluding hydrogens is 332 g/mol. The maximum Gasteiger partial charge on any atom is 0.175 e. The summed E-state index contributed by atoms with van der Waals surface area (Å²) in [6, 6.07) is 12.4. The molecule has 0 amide bonds. The first-order valence-corrected chi connectivity index (χ1v) is 9.73. The van der Waals surface area contributed by atoms with E-state index in [9.17, 15) is 8.42 Å². The molecule has 0 aromatic heterocycles. The van der Waals surface area contributed by atoms with Crippen molar-refractivity contribution in [1.29, 1.82) is 0 Å². The Labute approximate surface area is 143 Å². The van der Waals surface area contributed by atoms with Gasteiger partial charge in [0.1, 0.15) is 12.4 Å². The van der Waals surface area contributed by atoms with Crippen LogP contribution in [0.5, 0.6) is 5.75 Å². The normalized spacial score (nSPS) is 11.7. The van der Waals surface area contributed by atoms with E-state index in [0.717, 1.165) is 23.3 Å². The molecule has 0 atom stereocenters. The van der Waals surface area contributed by atoms with E-state index in [0.29, 0.717) is 22.4 Å². The monoisotopic (exact) mass is 352 g/mol. The Morgan fingerprint density at radius 1 is 1.09 bits per heavy atom. The quantitative estimate of drug-likeness (QED) is 0.767. The van der Waals surface area contributed by atoms with Gasteiger partial charge in [0.2, 0.25) is 0 Å². The molecule has 0 unspecified atom stereocenters. The highest BCUT2D eigenvalue weighted by atomic mass is 35.5. The lowest BCUT2D eigenvalue weighted by molar-refractivity contribution is 0.301. The molecule has 0 aliphatic rings. The Bertz CT molecular complexity index is 765. The number of halogens is 1. The van der Waals surface area contributed by atoms with Crippen LogP contribution in [0.1, 0.15) is 25.0 Å². The van der Waals surface area contributed by atoms with Crippen LogP contribution >= 0.6 is 11.6 Å². The molecule has 0 saturated carbocycles. The highest BCUT2D eigenvalue weighted by Crippen LogP contribution is 2.26. The zero-order chi connectivity index (χ0) is 17.0. The van der Waals surface area contributed by atoms with Crippen LogP contribution in [0, 0.1) is 5.92 Å². The molecule has 2 rings (SSSR count). The summed E-state index contributed by atoms with van der Waals surface area (Å²) in [6.07, 6.45) is 2.09. The third-order valence-electron chi connectivity index (χ3n) is 3.40. The molecule has 3 nitrogen and oxygen atoms in total. The maximum atomic E-state index is 11.5. The average molecular weight is 353 g/mol. The predicted molar refractivity (Wildman–Crippen MR) is 93.9 cm³/mol. The number of benzene rings is 2. The van der Waals surface area contributed by atoms with Gasteiger partial charge in [-0.15, -0.1) is 0 Å². The van der Waals surface area contributed by atoms with Gasteiger partial charge in [-0.25, -0.2) is 8.42 Å². The Morgan fingerprint density at radius 3 is 2.30 bits per heavy atom. The van der Waals surface area contributed by atoms with Crippen molar-refractivity contribution in [2.45, 2.75) is 31.8 Å². The van der Waals surface area contributed by atoms with Crippen LogP contribution in [0.2, 0.25) is 5.02 Å². The van der Waals surface area contributed by atoms with Gasteiger partial charge < -0.3 is 4.74 Å². The van der Waals surface area contributed by atoms with Gasteiger partial charge in [0.05, 0.1) is 4.90 Å². The summed E-state index contributed by atoms with van der Waals surface area (Å²) in [6.45, 7) is 4.68. The van der Waals surface area contributed by atoms with Gasteiger partial charge in [-0.2, -0.15) is 0 Å². The third-order valence-corrected chi connectivity index (χ3v) is 4.76. The van der Waals surface area contributed by atoms with Crippen molar-refractivity contribution < 1.29 is 13.2 Å². The van der Waals surface area contributed by atoms with E-state index in [1.807, 2.05) is 18.2 Å². The summed E-state index contributed by atoms with van der Waals surface area (Å²) in [7, 11) is -3.17. The minimum absolute atomic E-state index is 0.313. The summed E-state index contributed by atoms with van der Waals surface area (Å²) in [5, 5.41) is 0.700. The summed E-state index contributed by atoms with van der Waals surface area (Å²) in [5.41, 5.74) is 2.00. The smallest absolute Gasteiger partial charge is 0.175 e. The molecule has 2 aromatic carbocycles. The second kappa shape index (κ2) is 7.37. The van der Waals surface area contributed by atoms with E-state index >= 15 is 0 Å². The third kappa shape index (κ3) is 5.26. The second-order valence-corrected chi connectivity index (χ2v) is 8.51. The summed E-state index contributed by atoms with van der Waals surface area (Å²) < 4.78 is 28.8. The van der Waals surface area contributed by atoms with E-state index in [1.54, 1.807) is 24.3 Å². The van der Waals surface area contributed by atoms with Crippen LogP contribution < -0.4 is 4.74 Å². The lowest BCUT2D eigenvalue weighted by atomic mass is 10.0. The molecule has 0 heterocycles. The maximum absolute atomic E-state index is 11.5. The van der Waals surface area contributed by atoms with Gasteiger partial charge in [-0.1, -0.05) is 37.6 Å². The molecule has 5 heteroatoms. The van der Waals surface area contributed by atoms with E-state index < -0.39 is 9.84 Å². The highest BCUT2D eigenvalue weighted by molar-refractivity contribution is 7.90. The van der Waals surface area contributed by atoms with Crippen LogP contribution in [-0.4, -0.2) is 14.7 Å². The first kappa shape index (κ1) is 17.8. The van der Waals surface area contributed by atoms with Crippen molar-refractivity contribution in [3.63, 3.8) is 0 Å². The minimum Gasteiger partial charge on any atom is -0.489 e. The van der Waals surface area contributed by atoms with E-state index in [-0.39, 0.29) is 0 Å².